The quantitative estimate of drug-likeness (QED) is 0.708. The lowest BCUT2D eigenvalue weighted by molar-refractivity contribution is 0.219. The number of rotatable bonds is 4. The predicted molar refractivity (Wildman–Crippen MR) is 77.4 cm³/mol. The van der Waals surface area contributed by atoms with Crippen molar-refractivity contribution in [3.63, 3.8) is 0 Å². The second-order valence-electron chi connectivity index (χ2n) is 4.88. The summed E-state index contributed by atoms with van der Waals surface area (Å²) in [5, 5.41) is 0. The zero-order valence-corrected chi connectivity index (χ0v) is 11.1. The van der Waals surface area contributed by atoms with Crippen LogP contribution in [0.15, 0.2) is 48.1 Å². The molecule has 1 heteroatoms. The van der Waals surface area contributed by atoms with Gasteiger partial charge in [-0.05, 0) is 30.4 Å². The average molecular weight is 242 g/mol. The van der Waals surface area contributed by atoms with Crippen LogP contribution in [0.5, 0.6) is 0 Å². The Morgan fingerprint density at radius 1 is 1.28 bits per heavy atom. The minimum Gasteiger partial charge on any atom is -0.380 e. The molecular weight excluding hydrogens is 220 g/mol. The minimum atomic E-state index is 0.549. The highest BCUT2D eigenvalue weighted by molar-refractivity contribution is 5.54. The van der Waals surface area contributed by atoms with Crippen LogP contribution >= 0.6 is 0 Å². The third-order valence-electron chi connectivity index (χ3n) is 3.44. The Hall–Kier alpha value is -1.34. The van der Waals surface area contributed by atoms with E-state index in [4.69, 9.17) is 4.74 Å². The fourth-order valence-electron chi connectivity index (χ4n) is 2.48. The maximum absolute atomic E-state index is 5.37. The summed E-state index contributed by atoms with van der Waals surface area (Å²) < 4.78 is 5.37. The third-order valence-corrected chi connectivity index (χ3v) is 3.44. The lowest BCUT2D eigenvalue weighted by Gasteiger charge is -2.15. The van der Waals surface area contributed by atoms with Crippen LogP contribution in [0.25, 0.3) is 6.08 Å². The molecule has 0 aromatic heterocycles. The first kappa shape index (κ1) is 13.1. The van der Waals surface area contributed by atoms with E-state index < -0.39 is 0 Å². The Morgan fingerprint density at radius 2 is 2.11 bits per heavy atom. The van der Waals surface area contributed by atoms with Crippen molar-refractivity contribution in [2.24, 2.45) is 5.92 Å². The van der Waals surface area contributed by atoms with Crippen molar-refractivity contribution in [2.45, 2.75) is 25.7 Å². The molecule has 1 nitrogen and oxygen atoms in total. The number of hydrogen-bond donors (Lipinski definition) is 0. The van der Waals surface area contributed by atoms with E-state index in [-0.39, 0.29) is 0 Å². The van der Waals surface area contributed by atoms with E-state index in [1.807, 2.05) is 0 Å². The van der Waals surface area contributed by atoms with Gasteiger partial charge < -0.3 is 4.74 Å². The van der Waals surface area contributed by atoms with Crippen LogP contribution in [0.3, 0.4) is 0 Å². The summed E-state index contributed by atoms with van der Waals surface area (Å²) in [4.78, 5) is 0. The van der Waals surface area contributed by atoms with Gasteiger partial charge in [0.2, 0.25) is 0 Å². The first-order valence-electron chi connectivity index (χ1n) is 6.81. The molecule has 2 rings (SSSR count). The van der Waals surface area contributed by atoms with Gasteiger partial charge in [0.1, 0.15) is 0 Å². The van der Waals surface area contributed by atoms with Gasteiger partial charge in [0.05, 0.1) is 6.61 Å². The SMILES string of the molecule is COC/C(=C\c1ccccc1)C1C=CCCCC1. The van der Waals surface area contributed by atoms with Crippen molar-refractivity contribution in [2.75, 3.05) is 13.7 Å². The Labute approximate surface area is 110 Å². The second-order valence-corrected chi connectivity index (χ2v) is 4.88. The predicted octanol–water partition coefficient (Wildman–Crippen LogP) is 4.46. The summed E-state index contributed by atoms with van der Waals surface area (Å²) in [5.41, 5.74) is 2.66. The first-order valence-corrected chi connectivity index (χ1v) is 6.81. The van der Waals surface area contributed by atoms with Crippen LogP contribution in [0.4, 0.5) is 0 Å². The Kier molecular flexibility index (Phi) is 5.22. The van der Waals surface area contributed by atoms with Crippen LogP contribution in [-0.2, 0) is 4.74 Å². The molecule has 18 heavy (non-hydrogen) atoms. The monoisotopic (exact) mass is 242 g/mol. The van der Waals surface area contributed by atoms with E-state index >= 15 is 0 Å². The van der Waals surface area contributed by atoms with Gasteiger partial charge in [0, 0.05) is 13.0 Å². The summed E-state index contributed by atoms with van der Waals surface area (Å²) in [6.45, 7) is 0.726. The van der Waals surface area contributed by atoms with E-state index in [1.165, 1.54) is 36.8 Å². The van der Waals surface area contributed by atoms with Gasteiger partial charge in [-0.3, -0.25) is 0 Å². The molecule has 96 valence electrons. The first-order chi connectivity index (χ1) is 8.90. The number of allylic oxidation sites excluding steroid dienone is 2. The molecule has 1 aromatic carbocycles. The zero-order valence-electron chi connectivity index (χ0n) is 11.1. The van der Waals surface area contributed by atoms with Crippen molar-refractivity contribution in [3.8, 4) is 0 Å². The molecule has 0 spiro atoms. The van der Waals surface area contributed by atoms with Crippen molar-refractivity contribution in [1.29, 1.82) is 0 Å². The van der Waals surface area contributed by atoms with E-state index in [9.17, 15) is 0 Å². The summed E-state index contributed by atoms with van der Waals surface area (Å²) in [6, 6.07) is 10.5. The molecular formula is C17H22O. The van der Waals surface area contributed by atoms with E-state index in [2.05, 4.69) is 48.6 Å². The normalized spacial score (nSPS) is 20.7. The summed E-state index contributed by atoms with van der Waals surface area (Å²) in [7, 11) is 1.78. The van der Waals surface area contributed by atoms with E-state index in [1.54, 1.807) is 7.11 Å². The molecule has 0 N–H and O–H groups in total. The summed E-state index contributed by atoms with van der Waals surface area (Å²) >= 11 is 0. The molecule has 1 unspecified atom stereocenters. The van der Waals surface area contributed by atoms with Crippen molar-refractivity contribution in [1.82, 2.24) is 0 Å². The van der Waals surface area contributed by atoms with Crippen molar-refractivity contribution in [3.05, 3.63) is 53.6 Å². The van der Waals surface area contributed by atoms with Crippen molar-refractivity contribution < 1.29 is 4.74 Å². The molecule has 1 aromatic rings. The molecule has 1 atom stereocenters. The number of benzene rings is 1. The van der Waals surface area contributed by atoms with E-state index in [0.717, 1.165) is 6.61 Å². The topological polar surface area (TPSA) is 9.23 Å². The second kappa shape index (κ2) is 7.17. The fourth-order valence-corrected chi connectivity index (χ4v) is 2.48. The smallest absolute Gasteiger partial charge is 0.0682 e. The van der Waals surface area contributed by atoms with Crippen LogP contribution in [0.1, 0.15) is 31.2 Å². The molecule has 1 aliphatic rings. The van der Waals surface area contributed by atoms with Gasteiger partial charge in [0.25, 0.3) is 0 Å². The molecule has 0 saturated carbocycles. The number of methoxy groups -OCH3 is 1. The van der Waals surface area contributed by atoms with Gasteiger partial charge in [-0.1, -0.05) is 55.0 Å². The Balaban J connectivity index is 2.18. The summed E-state index contributed by atoms with van der Waals surface area (Å²) in [6.07, 6.45) is 12.1. The van der Waals surface area contributed by atoms with E-state index in [0.29, 0.717) is 5.92 Å². The van der Waals surface area contributed by atoms with Crippen LogP contribution in [0.2, 0.25) is 0 Å². The highest BCUT2D eigenvalue weighted by Gasteiger charge is 2.12. The highest BCUT2D eigenvalue weighted by atomic mass is 16.5. The maximum Gasteiger partial charge on any atom is 0.0682 e. The van der Waals surface area contributed by atoms with Crippen LogP contribution in [-0.4, -0.2) is 13.7 Å². The number of ether oxygens (including phenoxy) is 1. The largest absolute Gasteiger partial charge is 0.380 e. The maximum atomic E-state index is 5.37. The van der Waals surface area contributed by atoms with Crippen LogP contribution in [0, 0.1) is 5.92 Å². The third kappa shape index (κ3) is 3.85. The standard InChI is InChI=1S/C17H22O/c1-18-14-17(13-15-9-5-4-6-10-15)16-11-7-2-3-8-12-16/h4-7,9-11,13,16H,2-3,8,12,14H2,1H3/b17-13+. The molecule has 0 bridgehead atoms. The summed E-state index contributed by atoms with van der Waals surface area (Å²) in [5.74, 6) is 0.549. The lowest BCUT2D eigenvalue weighted by Crippen LogP contribution is -2.06. The Morgan fingerprint density at radius 3 is 2.89 bits per heavy atom. The van der Waals surface area contributed by atoms with Gasteiger partial charge in [-0.15, -0.1) is 0 Å². The number of hydrogen-bond acceptors (Lipinski definition) is 1. The Bertz CT molecular complexity index is 403. The van der Waals surface area contributed by atoms with Crippen LogP contribution < -0.4 is 0 Å². The van der Waals surface area contributed by atoms with Gasteiger partial charge in [-0.2, -0.15) is 0 Å². The molecule has 0 radical (unpaired) electrons. The van der Waals surface area contributed by atoms with Crippen molar-refractivity contribution >= 4 is 6.08 Å². The molecule has 1 aliphatic carbocycles. The molecule has 0 amide bonds. The molecule has 0 saturated heterocycles. The van der Waals surface area contributed by atoms with Gasteiger partial charge in [0.15, 0.2) is 0 Å². The molecule has 0 fully saturated rings. The molecule has 0 heterocycles. The highest BCUT2D eigenvalue weighted by Crippen LogP contribution is 2.25. The van der Waals surface area contributed by atoms with Gasteiger partial charge >= 0.3 is 0 Å². The minimum absolute atomic E-state index is 0.549. The average Bonchev–Trinajstić information content (AvgIpc) is 2.68. The molecule has 0 aliphatic heterocycles. The fraction of sp³-hybridized carbons (Fsp3) is 0.412. The lowest BCUT2D eigenvalue weighted by atomic mass is 9.93. The zero-order chi connectivity index (χ0) is 12.6. The van der Waals surface area contributed by atoms with Gasteiger partial charge in [-0.25, -0.2) is 0 Å².